The first-order chi connectivity index (χ1) is 9.92. The van der Waals surface area contributed by atoms with Crippen molar-refractivity contribution >= 4 is 43.2 Å². The fraction of sp³-hybridized carbons (Fsp3) is 0.0714. The van der Waals surface area contributed by atoms with Gasteiger partial charge in [0.2, 0.25) is 0 Å². The summed E-state index contributed by atoms with van der Waals surface area (Å²) < 4.78 is 27.6. The van der Waals surface area contributed by atoms with Crippen LogP contribution in [0.15, 0.2) is 51.8 Å². The average molecular weight is 386 g/mol. The van der Waals surface area contributed by atoms with Gasteiger partial charge in [-0.15, -0.1) is 0 Å². The molecule has 0 saturated carbocycles. The Labute approximate surface area is 136 Å². The first-order valence-electron chi connectivity index (χ1n) is 5.86. The van der Waals surface area contributed by atoms with E-state index in [9.17, 15) is 8.42 Å². The summed E-state index contributed by atoms with van der Waals surface area (Å²) in [5, 5.41) is 9.11. The Morgan fingerprint density at radius 1 is 1.19 bits per heavy atom. The van der Waals surface area contributed by atoms with Gasteiger partial charge in [0.1, 0.15) is 0 Å². The number of nitrogens with zero attached hydrogens (tertiary/aromatic N) is 1. The van der Waals surface area contributed by atoms with Crippen molar-refractivity contribution in [2.24, 2.45) is 0 Å². The minimum atomic E-state index is -3.69. The molecule has 1 N–H and O–H groups in total. The summed E-state index contributed by atoms with van der Waals surface area (Å²) in [6.45, 7) is 0. The molecule has 0 fully saturated rings. The van der Waals surface area contributed by atoms with E-state index in [1.165, 1.54) is 12.1 Å². The van der Waals surface area contributed by atoms with Crippen LogP contribution in [0.5, 0.6) is 0 Å². The number of sulfonamides is 1. The van der Waals surface area contributed by atoms with Gasteiger partial charge in [-0.25, -0.2) is 8.42 Å². The lowest BCUT2D eigenvalue weighted by molar-refractivity contribution is 0.601. The zero-order chi connectivity index (χ0) is 15.5. The van der Waals surface area contributed by atoms with E-state index in [4.69, 9.17) is 16.9 Å². The molecule has 0 aliphatic carbocycles. The van der Waals surface area contributed by atoms with Crippen molar-refractivity contribution in [2.75, 3.05) is 4.72 Å². The molecular formula is C14H10BrClN2O2S. The monoisotopic (exact) mass is 384 g/mol. The molecule has 0 unspecified atom stereocenters. The average Bonchev–Trinajstić information content (AvgIpc) is 2.43. The molecule has 0 atom stereocenters. The minimum absolute atomic E-state index is 0.131. The minimum Gasteiger partial charge on any atom is -0.278 e. The highest BCUT2D eigenvalue weighted by molar-refractivity contribution is 9.10. The van der Waals surface area contributed by atoms with Crippen LogP contribution in [0.4, 0.5) is 5.69 Å². The van der Waals surface area contributed by atoms with E-state index in [1.54, 1.807) is 30.3 Å². The van der Waals surface area contributed by atoms with E-state index in [0.717, 1.165) is 5.56 Å². The highest BCUT2D eigenvalue weighted by Crippen LogP contribution is 2.28. The number of hydrogen-bond acceptors (Lipinski definition) is 3. The third-order valence-corrected chi connectivity index (χ3v) is 4.96. The fourth-order valence-electron chi connectivity index (χ4n) is 1.65. The summed E-state index contributed by atoms with van der Waals surface area (Å²) >= 11 is 9.08. The predicted molar refractivity (Wildman–Crippen MR) is 85.7 cm³/mol. The van der Waals surface area contributed by atoms with Gasteiger partial charge in [-0.2, -0.15) is 5.26 Å². The van der Waals surface area contributed by atoms with Crippen molar-refractivity contribution in [1.82, 2.24) is 0 Å². The molecule has 0 aromatic heterocycles. The number of nitrogens with one attached hydrogen (secondary N) is 1. The highest BCUT2D eigenvalue weighted by atomic mass is 79.9. The van der Waals surface area contributed by atoms with Gasteiger partial charge in [0.05, 0.1) is 23.1 Å². The second kappa shape index (κ2) is 6.48. The normalized spacial score (nSPS) is 10.9. The Morgan fingerprint density at radius 2 is 1.86 bits per heavy atom. The van der Waals surface area contributed by atoms with Crippen molar-refractivity contribution in [3.05, 3.63) is 57.5 Å². The third-order valence-electron chi connectivity index (χ3n) is 2.69. The van der Waals surface area contributed by atoms with Crippen molar-refractivity contribution < 1.29 is 8.42 Å². The number of rotatable bonds is 4. The lowest BCUT2D eigenvalue weighted by Gasteiger charge is -2.10. The van der Waals surface area contributed by atoms with Gasteiger partial charge in [-0.1, -0.05) is 23.7 Å². The third kappa shape index (κ3) is 3.97. The smallest absolute Gasteiger partial charge is 0.261 e. The molecule has 2 rings (SSSR count). The molecule has 2 aromatic rings. The second-order valence-electron chi connectivity index (χ2n) is 4.21. The first kappa shape index (κ1) is 15.8. The van der Waals surface area contributed by atoms with Gasteiger partial charge in [-0.05, 0) is 51.8 Å². The van der Waals surface area contributed by atoms with Crippen LogP contribution < -0.4 is 4.72 Å². The van der Waals surface area contributed by atoms with Crippen LogP contribution in [0.1, 0.15) is 5.56 Å². The number of nitriles is 1. The standard InChI is InChI=1S/C14H10BrClN2O2S/c15-13-9-11(16)3-6-14(13)18-21(19,20)12-4-1-10(2-5-12)7-8-17/h1-6,9,18H,7H2. The summed E-state index contributed by atoms with van der Waals surface area (Å²) in [4.78, 5) is 0.131. The molecule has 0 bridgehead atoms. The zero-order valence-electron chi connectivity index (χ0n) is 10.7. The van der Waals surface area contributed by atoms with E-state index in [2.05, 4.69) is 20.7 Å². The maximum atomic E-state index is 12.3. The fourth-order valence-corrected chi connectivity index (χ4v) is 3.65. The molecule has 0 heterocycles. The molecule has 21 heavy (non-hydrogen) atoms. The largest absolute Gasteiger partial charge is 0.278 e. The van der Waals surface area contributed by atoms with Gasteiger partial charge in [0, 0.05) is 9.50 Å². The number of benzene rings is 2. The predicted octanol–water partition coefficient (Wildman–Crippen LogP) is 3.97. The van der Waals surface area contributed by atoms with E-state index in [-0.39, 0.29) is 11.3 Å². The highest BCUT2D eigenvalue weighted by Gasteiger charge is 2.15. The first-order valence-corrected chi connectivity index (χ1v) is 8.51. The van der Waals surface area contributed by atoms with E-state index >= 15 is 0 Å². The molecular weight excluding hydrogens is 376 g/mol. The van der Waals surface area contributed by atoms with Gasteiger partial charge in [-0.3, -0.25) is 4.72 Å². The Kier molecular flexibility index (Phi) is 4.88. The lowest BCUT2D eigenvalue weighted by atomic mass is 10.2. The summed E-state index contributed by atoms with van der Waals surface area (Å²) in [7, 11) is -3.69. The van der Waals surface area contributed by atoms with Crippen molar-refractivity contribution in [3.63, 3.8) is 0 Å². The van der Waals surface area contributed by atoms with Crippen LogP contribution in [0.25, 0.3) is 0 Å². The maximum Gasteiger partial charge on any atom is 0.261 e. The van der Waals surface area contributed by atoms with Crippen LogP contribution in [-0.2, 0) is 16.4 Å². The van der Waals surface area contributed by atoms with Gasteiger partial charge >= 0.3 is 0 Å². The van der Waals surface area contributed by atoms with E-state index < -0.39 is 10.0 Å². The number of hydrogen-bond donors (Lipinski definition) is 1. The van der Waals surface area contributed by atoms with Crippen LogP contribution in [0.3, 0.4) is 0 Å². The van der Waals surface area contributed by atoms with E-state index in [0.29, 0.717) is 15.2 Å². The summed E-state index contributed by atoms with van der Waals surface area (Å²) in [5.41, 5.74) is 1.17. The van der Waals surface area contributed by atoms with E-state index in [1.807, 2.05) is 6.07 Å². The summed E-state index contributed by atoms with van der Waals surface area (Å²) in [6, 6.07) is 13.0. The molecule has 4 nitrogen and oxygen atoms in total. The van der Waals surface area contributed by atoms with Crippen LogP contribution in [0, 0.1) is 11.3 Å². The Bertz CT molecular complexity index is 799. The van der Waals surface area contributed by atoms with Crippen molar-refractivity contribution in [1.29, 1.82) is 5.26 Å². The van der Waals surface area contributed by atoms with Crippen LogP contribution >= 0.6 is 27.5 Å². The van der Waals surface area contributed by atoms with Crippen molar-refractivity contribution in [3.8, 4) is 6.07 Å². The Balaban J connectivity index is 2.27. The second-order valence-corrected chi connectivity index (χ2v) is 7.18. The number of anilines is 1. The molecule has 0 saturated heterocycles. The molecule has 0 aliphatic heterocycles. The Morgan fingerprint density at radius 3 is 2.43 bits per heavy atom. The molecule has 0 amide bonds. The molecule has 108 valence electrons. The van der Waals surface area contributed by atoms with Crippen LogP contribution in [-0.4, -0.2) is 8.42 Å². The Hall–Kier alpha value is -1.55. The van der Waals surface area contributed by atoms with Crippen molar-refractivity contribution in [2.45, 2.75) is 11.3 Å². The van der Waals surface area contributed by atoms with Gasteiger partial charge < -0.3 is 0 Å². The number of halogens is 2. The van der Waals surface area contributed by atoms with Gasteiger partial charge in [0.15, 0.2) is 0 Å². The topological polar surface area (TPSA) is 70.0 Å². The quantitative estimate of drug-likeness (QED) is 0.865. The molecule has 0 aliphatic rings. The zero-order valence-corrected chi connectivity index (χ0v) is 13.8. The molecule has 7 heteroatoms. The summed E-state index contributed by atoms with van der Waals surface area (Å²) in [5.74, 6) is 0. The summed E-state index contributed by atoms with van der Waals surface area (Å²) in [6.07, 6.45) is 0.247. The lowest BCUT2D eigenvalue weighted by Crippen LogP contribution is -2.13. The molecule has 2 aromatic carbocycles. The van der Waals surface area contributed by atoms with Crippen LogP contribution in [0.2, 0.25) is 5.02 Å². The molecule has 0 spiro atoms. The maximum absolute atomic E-state index is 12.3. The SMILES string of the molecule is N#CCc1ccc(S(=O)(=O)Nc2ccc(Cl)cc2Br)cc1. The van der Waals surface area contributed by atoms with Gasteiger partial charge in [0.25, 0.3) is 10.0 Å². The molecule has 0 radical (unpaired) electrons.